The van der Waals surface area contributed by atoms with E-state index in [1.165, 1.54) is 6.20 Å². The van der Waals surface area contributed by atoms with Crippen molar-refractivity contribution in [2.45, 2.75) is 13.1 Å². The Labute approximate surface area is 228 Å². The number of nitrogens with one attached hydrogen (secondary N) is 1. The Balaban J connectivity index is 1.51. The fourth-order valence-electron chi connectivity index (χ4n) is 4.38. The van der Waals surface area contributed by atoms with Crippen molar-refractivity contribution in [3.63, 3.8) is 0 Å². The first-order chi connectivity index (χ1) is 17.5. The zero-order valence-electron chi connectivity index (χ0n) is 19.5. The van der Waals surface area contributed by atoms with Crippen LogP contribution < -0.4 is 10.3 Å². The summed E-state index contributed by atoms with van der Waals surface area (Å²) in [5, 5.41) is 1.14. The Bertz CT molecular complexity index is 1450. The van der Waals surface area contributed by atoms with E-state index in [-0.39, 0.29) is 16.9 Å². The van der Waals surface area contributed by atoms with Crippen LogP contribution >= 0.6 is 34.2 Å². The van der Waals surface area contributed by atoms with Gasteiger partial charge in [-0.05, 0) is 76.2 Å². The summed E-state index contributed by atoms with van der Waals surface area (Å²) in [5.74, 6) is -0.353. The van der Waals surface area contributed by atoms with E-state index in [0.717, 1.165) is 40.0 Å². The number of H-pyrrole nitrogens is 1. The second-order valence-electron chi connectivity index (χ2n) is 8.80. The van der Waals surface area contributed by atoms with Crippen molar-refractivity contribution in [2.75, 3.05) is 31.2 Å². The minimum Gasteiger partial charge on any atom is -0.379 e. The largest absolute Gasteiger partial charge is 0.379 e. The molecule has 2 heterocycles. The average Bonchev–Trinajstić information content (AvgIpc) is 2.89. The standard InChI is InChI=1S/C28H25ClIN3O3/c29-21-7-4-19(5-8-21)18-33(23-3-1-2-22(30)15-23)28(35)25-16-31-26-9-6-20(14-24(26)27(25)34)17-32-10-12-36-13-11-32/h1-9,14-16H,10-13,17-18H2,(H,31,34). The molecule has 36 heavy (non-hydrogen) atoms. The van der Waals surface area contributed by atoms with Gasteiger partial charge in [-0.2, -0.15) is 0 Å². The molecule has 0 unspecified atom stereocenters. The van der Waals surface area contributed by atoms with E-state index in [1.807, 2.05) is 54.6 Å². The average molecular weight is 614 g/mol. The Kier molecular flexibility index (Phi) is 7.71. The van der Waals surface area contributed by atoms with Crippen molar-refractivity contribution < 1.29 is 9.53 Å². The lowest BCUT2D eigenvalue weighted by Gasteiger charge is -2.26. The number of morpholine rings is 1. The lowest BCUT2D eigenvalue weighted by atomic mass is 10.1. The van der Waals surface area contributed by atoms with Gasteiger partial charge < -0.3 is 14.6 Å². The fourth-order valence-corrected chi connectivity index (χ4v) is 5.04. The molecule has 0 bridgehead atoms. The van der Waals surface area contributed by atoms with Crippen LogP contribution in [-0.4, -0.2) is 42.1 Å². The topological polar surface area (TPSA) is 65.6 Å². The van der Waals surface area contributed by atoms with Gasteiger partial charge in [0.25, 0.3) is 5.91 Å². The maximum atomic E-state index is 13.8. The molecule has 1 fully saturated rings. The SMILES string of the molecule is O=C(c1c[nH]c2ccc(CN3CCOCC3)cc2c1=O)N(Cc1ccc(Cl)cc1)c1cccc(I)c1. The van der Waals surface area contributed by atoms with Crippen LogP contribution in [0.5, 0.6) is 0 Å². The predicted octanol–water partition coefficient (Wildman–Crippen LogP) is 5.47. The molecule has 1 aliphatic rings. The van der Waals surface area contributed by atoms with Gasteiger partial charge in [-0.1, -0.05) is 35.9 Å². The number of amides is 1. The number of hydrogen-bond acceptors (Lipinski definition) is 4. The van der Waals surface area contributed by atoms with Gasteiger partial charge in [-0.3, -0.25) is 14.5 Å². The lowest BCUT2D eigenvalue weighted by Crippen LogP contribution is -2.35. The number of ether oxygens (including phenoxy) is 1. The van der Waals surface area contributed by atoms with Gasteiger partial charge in [0.15, 0.2) is 0 Å². The quantitative estimate of drug-likeness (QED) is 0.293. The van der Waals surface area contributed by atoms with Gasteiger partial charge in [0.2, 0.25) is 5.43 Å². The number of carbonyl (C=O) groups excluding carboxylic acids is 1. The maximum Gasteiger partial charge on any atom is 0.264 e. The van der Waals surface area contributed by atoms with Gasteiger partial charge in [0.05, 0.1) is 19.8 Å². The predicted molar refractivity (Wildman–Crippen MR) is 152 cm³/mol. The number of pyridine rings is 1. The van der Waals surface area contributed by atoms with E-state index in [1.54, 1.807) is 17.0 Å². The normalized spacial score (nSPS) is 14.2. The summed E-state index contributed by atoms with van der Waals surface area (Å²) in [6.45, 7) is 4.21. The molecule has 1 aliphatic heterocycles. The maximum absolute atomic E-state index is 13.8. The van der Waals surface area contributed by atoms with Crippen LogP contribution in [0.2, 0.25) is 5.02 Å². The number of nitrogens with zero attached hydrogens (tertiary/aromatic N) is 2. The zero-order chi connectivity index (χ0) is 25.1. The molecule has 1 saturated heterocycles. The highest BCUT2D eigenvalue weighted by Gasteiger charge is 2.22. The van der Waals surface area contributed by atoms with Gasteiger partial charge in [0, 0.05) is 51.0 Å². The highest BCUT2D eigenvalue weighted by atomic mass is 127. The van der Waals surface area contributed by atoms with Gasteiger partial charge in [-0.15, -0.1) is 0 Å². The van der Waals surface area contributed by atoms with Crippen LogP contribution in [0.4, 0.5) is 5.69 Å². The molecule has 0 spiro atoms. The van der Waals surface area contributed by atoms with Crippen LogP contribution in [0.1, 0.15) is 21.5 Å². The van der Waals surface area contributed by atoms with Crippen molar-refractivity contribution in [2.24, 2.45) is 0 Å². The second kappa shape index (κ2) is 11.1. The van der Waals surface area contributed by atoms with E-state index in [4.69, 9.17) is 16.3 Å². The first-order valence-corrected chi connectivity index (χ1v) is 13.2. The van der Waals surface area contributed by atoms with Crippen molar-refractivity contribution >= 4 is 56.7 Å². The van der Waals surface area contributed by atoms with E-state index >= 15 is 0 Å². The summed E-state index contributed by atoms with van der Waals surface area (Å²) < 4.78 is 6.44. The van der Waals surface area contributed by atoms with Crippen LogP contribution in [0.3, 0.4) is 0 Å². The number of aromatic amines is 1. The summed E-state index contributed by atoms with van der Waals surface area (Å²) in [4.78, 5) is 34.5. The molecule has 3 aromatic carbocycles. The minimum absolute atomic E-state index is 0.110. The summed E-state index contributed by atoms with van der Waals surface area (Å²) in [5.41, 5.74) is 3.22. The monoisotopic (exact) mass is 613 g/mol. The first-order valence-electron chi connectivity index (χ1n) is 11.7. The fraction of sp³-hybridized carbons (Fsp3) is 0.214. The third-order valence-corrected chi connectivity index (χ3v) is 7.23. The van der Waals surface area contributed by atoms with Crippen molar-refractivity contribution in [3.05, 3.63) is 108 Å². The molecule has 6 nitrogen and oxygen atoms in total. The first kappa shape index (κ1) is 25.0. The molecule has 184 valence electrons. The van der Waals surface area contributed by atoms with Crippen LogP contribution in [0.15, 0.2) is 77.7 Å². The number of aromatic nitrogens is 1. The smallest absolute Gasteiger partial charge is 0.264 e. The highest BCUT2D eigenvalue weighted by molar-refractivity contribution is 14.1. The van der Waals surface area contributed by atoms with Gasteiger partial charge in [0.1, 0.15) is 5.56 Å². The van der Waals surface area contributed by atoms with Crippen LogP contribution in [0, 0.1) is 3.57 Å². The van der Waals surface area contributed by atoms with Crippen molar-refractivity contribution in [3.8, 4) is 0 Å². The van der Waals surface area contributed by atoms with E-state index in [0.29, 0.717) is 35.7 Å². The summed E-state index contributed by atoms with van der Waals surface area (Å²) in [6, 6.07) is 20.9. The van der Waals surface area contributed by atoms with Crippen LogP contribution in [0.25, 0.3) is 10.9 Å². The molecule has 1 aromatic heterocycles. The molecule has 8 heteroatoms. The highest BCUT2D eigenvalue weighted by Crippen LogP contribution is 2.23. The molecule has 1 N–H and O–H groups in total. The number of benzene rings is 3. The van der Waals surface area contributed by atoms with Crippen molar-refractivity contribution in [1.82, 2.24) is 9.88 Å². The van der Waals surface area contributed by atoms with Gasteiger partial charge >= 0.3 is 0 Å². The molecule has 5 rings (SSSR count). The number of anilines is 1. The Morgan fingerprint density at radius 2 is 1.78 bits per heavy atom. The molecule has 0 atom stereocenters. The minimum atomic E-state index is -0.353. The molecule has 4 aromatic rings. The molecule has 0 radical (unpaired) electrons. The zero-order valence-corrected chi connectivity index (χ0v) is 22.5. The lowest BCUT2D eigenvalue weighted by molar-refractivity contribution is 0.0342. The Hall–Kier alpha value is -2.72. The van der Waals surface area contributed by atoms with Crippen LogP contribution in [-0.2, 0) is 17.8 Å². The summed E-state index contributed by atoms with van der Waals surface area (Å²) in [7, 11) is 0. The Morgan fingerprint density at radius 3 is 2.53 bits per heavy atom. The number of halogens is 2. The van der Waals surface area contributed by atoms with E-state index < -0.39 is 0 Å². The molecule has 0 aliphatic carbocycles. The molecular weight excluding hydrogens is 589 g/mol. The van der Waals surface area contributed by atoms with Crippen molar-refractivity contribution in [1.29, 1.82) is 0 Å². The third-order valence-electron chi connectivity index (χ3n) is 6.30. The summed E-state index contributed by atoms with van der Waals surface area (Å²) >= 11 is 8.28. The van der Waals surface area contributed by atoms with E-state index in [9.17, 15) is 9.59 Å². The number of carbonyl (C=O) groups is 1. The number of rotatable bonds is 6. The van der Waals surface area contributed by atoms with Gasteiger partial charge in [-0.25, -0.2) is 0 Å². The number of hydrogen-bond donors (Lipinski definition) is 1. The molecule has 1 amide bonds. The Morgan fingerprint density at radius 1 is 1.03 bits per heavy atom. The van der Waals surface area contributed by atoms with E-state index in [2.05, 4.69) is 32.5 Å². The second-order valence-corrected chi connectivity index (χ2v) is 10.5. The number of fused-ring (bicyclic) bond motifs is 1. The molecular formula is C28H25ClIN3O3. The third kappa shape index (κ3) is 5.64. The molecule has 0 saturated carbocycles. The summed E-state index contributed by atoms with van der Waals surface area (Å²) in [6.07, 6.45) is 1.53.